The summed E-state index contributed by atoms with van der Waals surface area (Å²) in [5.41, 5.74) is 3.85. The highest BCUT2D eigenvalue weighted by Crippen LogP contribution is 2.22. The zero-order chi connectivity index (χ0) is 13.2. The Morgan fingerprint density at radius 2 is 2.20 bits per heavy atom. The average Bonchev–Trinajstić information content (AvgIpc) is 2.28. The van der Waals surface area contributed by atoms with Gasteiger partial charge in [-0.3, -0.25) is 4.98 Å². The van der Waals surface area contributed by atoms with Gasteiger partial charge < -0.3 is 0 Å². The van der Waals surface area contributed by atoms with Gasteiger partial charge in [-0.25, -0.2) is 0 Å². The van der Waals surface area contributed by atoms with Gasteiger partial charge in [0.1, 0.15) is 0 Å². The molecule has 1 heterocycles. The van der Waals surface area contributed by atoms with Crippen molar-refractivity contribution in [2.24, 2.45) is 0 Å². The van der Waals surface area contributed by atoms with E-state index in [4.69, 9.17) is 4.11 Å². The molecular formula is C14H15N. The Kier molecular flexibility index (Phi) is 1.93. The quantitative estimate of drug-likeness (QED) is 0.721. The van der Waals surface area contributed by atoms with Crippen LogP contribution >= 0.6 is 0 Å². The van der Waals surface area contributed by atoms with Gasteiger partial charge in [-0.15, -0.1) is 0 Å². The van der Waals surface area contributed by atoms with Gasteiger partial charge in [0.25, 0.3) is 0 Å². The summed E-state index contributed by atoms with van der Waals surface area (Å²) in [6, 6.07) is 11.5. The lowest BCUT2D eigenvalue weighted by Crippen LogP contribution is -1.88. The molecular weight excluding hydrogens is 182 g/mol. The van der Waals surface area contributed by atoms with E-state index in [0.29, 0.717) is 0 Å². The topological polar surface area (TPSA) is 12.9 Å². The van der Waals surface area contributed by atoms with Gasteiger partial charge in [-0.05, 0) is 36.6 Å². The summed E-state index contributed by atoms with van der Waals surface area (Å²) in [6.07, 6.45) is 1.86. The molecule has 2 aromatic rings. The standard InChI is InChI=1S/C14H15N/c1-3-12-7-8-13(11(2)10-12)14-6-4-5-9-15-14/h4-10H,3H2,1-2H3/i1D3. The molecule has 0 saturated carbocycles. The molecule has 0 aliphatic heterocycles. The summed E-state index contributed by atoms with van der Waals surface area (Å²) < 4.78 is 21.8. The number of hydrogen-bond acceptors (Lipinski definition) is 1. The second-order valence-electron chi connectivity index (χ2n) is 3.54. The van der Waals surface area contributed by atoms with Crippen LogP contribution in [0.3, 0.4) is 0 Å². The average molecular weight is 200 g/mol. The van der Waals surface area contributed by atoms with Crippen molar-refractivity contribution in [3.05, 3.63) is 53.7 Å². The molecule has 0 bridgehead atoms. The van der Waals surface area contributed by atoms with Crippen LogP contribution in [0.1, 0.15) is 22.1 Å². The van der Waals surface area contributed by atoms with Crippen LogP contribution in [0.25, 0.3) is 11.3 Å². The largest absolute Gasteiger partial charge is 0.256 e. The van der Waals surface area contributed by atoms with Crippen LogP contribution in [0, 0.1) is 6.92 Å². The molecule has 0 spiro atoms. The fourth-order valence-corrected chi connectivity index (χ4v) is 1.65. The molecule has 0 radical (unpaired) electrons. The first-order valence-electron chi connectivity index (χ1n) is 6.47. The molecule has 0 N–H and O–H groups in total. The van der Waals surface area contributed by atoms with Crippen LogP contribution in [0.2, 0.25) is 0 Å². The van der Waals surface area contributed by atoms with Crippen molar-refractivity contribution >= 4 is 0 Å². The fourth-order valence-electron chi connectivity index (χ4n) is 1.65. The molecule has 15 heavy (non-hydrogen) atoms. The first-order chi connectivity index (χ1) is 8.46. The van der Waals surface area contributed by atoms with E-state index >= 15 is 0 Å². The van der Waals surface area contributed by atoms with E-state index in [-0.39, 0.29) is 6.42 Å². The summed E-state index contributed by atoms with van der Waals surface area (Å²) in [5.74, 6) is 0. The van der Waals surface area contributed by atoms with Crippen LogP contribution in [-0.4, -0.2) is 4.98 Å². The number of nitrogens with zero attached hydrogens (tertiary/aromatic N) is 1. The molecule has 1 aromatic heterocycles. The number of aryl methyl sites for hydroxylation is 2. The normalized spacial score (nSPS) is 14.1. The molecule has 0 saturated heterocycles. The smallest absolute Gasteiger partial charge is 0.0704 e. The van der Waals surface area contributed by atoms with Crippen molar-refractivity contribution in [3.63, 3.8) is 0 Å². The van der Waals surface area contributed by atoms with E-state index < -0.39 is 6.85 Å². The Labute approximate surface area is 95.0 Å². The first-order valence-corrected chi connectivity index (χ1v) is 4.97. The minimum Gasteiger partial charge on any atom is -0.256 e. The Morgan fingerprint density at radius 3 is 2.87 bits per heavy atom. The van der Waals surface area contributed by atoms with Gasteiger partial charge in [-0.2, -0.15) is 0 Å². The molecule has 0 aliphatic rings. The van der Waals surface area contributed by atoms with Crippen molar-refractivity contribution < 1.29 is 4.11 Å². The molecule has 0 fully saturated rings. The maximum absolute atomic E-state index is 7.28. The van der Waals surface area contributed by atoms with Gasteiger partial charge in [0.2, 0.25) is 0 Å². The van der Waals surface area contributed by atoms with E-state index in [2.05, 4.69) is 4.98 Å². The zero-order valence-corrected chi connectivity index (χ0v) is 8.70. The van der Waals surface area contributed by atoms with Crippen LogP contribution < -0.4 is 0 Å². The predicted octanol–water partition coefficient (Wildman–Crippen LogP) is 3.62. The van der Waals surface area contributed by atoms with Crippen LogP contribution in [0.5, 0.6) is 0 Å². The Morgan fingerprint density at radius 1 is 1.27 bits per heavy atom. The van der Waals surface area contributed by atoms with E-state index in [1.165, 1.54) is 0 Å². The van der Waals surface area contributed by atoms with Gasteiger partial charge in [0.05, 0.1) is 5.69 Å². The fraction of sp³-hybridized carbons (Fsp3) is 0.214. The minimum absolute atomic E-state index is 0.107. The van der Waals surface area contributed by atoms with Gasteiger partial charge in [0.15, 0.2) is 0 Å². The lowest BCUT2D eigenvalue weighted by Gasteiger charge is -2.06. The highest BCUT2D eigenvalue weighted by atomic mass is 14.7. The number of rotatable bonds is 2. The zero-order valence-electron chi connectivity index (χ0n) is 11.7. The number of aromatic nitrogens is 1. The molecule has 1 heteroatoms. The highest BCUT2D eigenvalue weighted by Gasteiger charge is 2.02. The Bertz CT molecular complexity index is 532. The van der Waals surface area contributed by atoms with Crippen molar-refractivity contribution in [1.29, 1.82) is 0 Å². The Balaban J connectivity index is 2.32. The second kappa shape index (κ2) is 4.26. The highest BCUT2D eigenvalue weighted by molar-refractivity contribution is 5.63. The third kappa shape index (κ3) is 2.07. The molecule has 0 amide bonds. The third-order valence-corrected chi connectivity index (χ3v) is 2.44. The van der Waals surface area contributed by atoms with E-state index in [9.17, 15) is 0 Å². The summed E-state index contributed by atoms with van der Waals surface area (Å²) in [6.45, 7) is 0.0615. The minimum atomic E-state index is -1.92. The molecule has 1 nitrogen and oxygen atoms in total. The lowest BCUT2D eigenvalue weighted by atomic mass is 10.0. The third-order valence-electron chi connectivity index (χ3n) is 2.44. The van der Waals surface area contributed by atoms with Crippen molar-refractivity contribution in [2.75, 3.05) is 0 Å². The van der Waals surface area contributed by atoms with Gasteiger partial charge in [-0.1, -0.05) is 31.1 Å². The van der Waals surface area contributed by atoms with Crippen molar-refractivity contribution in [3.8, 4) is 11.3 Å². The maximum atomic E-state index is 7.28. The van der Waals surface area contributed by atoms with Crippen LogP contribution in [0.15, 0.2) is 42.6 Å². The lowest BCUT2D eigenvalue weighted by molar-refractivity contribution is 1.13. The van der Waals surface area contributed by atoms with Crippen LogP contribution in [-0.2, 0) is 6.42 Å². The van der Waals surface area contributed by atoms with E-state index in [0.717, 1.165) is 22.4 Å². The first kappa shape index (κ1) is 6.78. The number of pyridine rings is 1. The van der Waals surface area contributed by atoms with E-state index in [1.807, 2.05) is 43.3 Å². The van der Waals surface area contributed by atoms with Gasteiger partial charge in [0, 0.05) is 15.9 Å². The molecule has 2 rings (SSSR count). The number of benzene rings is 1. The van der Waals surface area contributed by atoms with Crippen molar-refractivity contribution in [1.82, 2.24) is 4.98 Å². The summed E-state index contributed by atoms with van der Waals surface area (Å²) >= 11 is 0. The predicted molar refractivity (Wildman–Crippen MR) is 63.8 cm³/mol. The molecule has 1 aromatic carbocycles. The van der Waals surface area contributed by atoms with Crippen molar-refractivity contribution in [2.45, 2.75) is 20.2 Å². The summed E-state index contributed by atoms with van der Waals surface area (Å²) in [5, 5.41) is 0. The second-order valence-corrected chi connectivity index (χ2v) is 3.54. The molecule has 0 aliphatic carbocycles. The van der Waals surface area contributed by atoms with Gasteiger partial charge >= 0.3 is 0 Å². The maximum Gasteiger partial charge on any atom is 0.0704 e. The summed E-state index contributed by atoms with van der Waals surface area (Å²) in [7, 11) is 0. The molecule has 0 atom stereocenters. The monoisotopic (exact) mass is 200 g/mol. The Hall–Kier alpha value is -1.63. The number of hydrogen-bond donors (Lipinski definition) is 0. The van der Waals surface area contributed by atoms with Crippen LogP contribution in [0.4, 0.5) is 0 Å². The SMILES string of the molecule is [2H]C([2H])([2H])Cc1ccc(-c2ccccn2)c(C)c1. The van der Waals surface area contributed by atoms with E-state index in [1.54, 1.807) is 6.20 Å². The molecule has 0 unspecified atom stereocenters. The summed E-state index contributed by atoms with van der Waals surface area (Å²) in [4.78, 5) is 4.30. The molecule has 76 valence electrons.